The summed E-state index contributed by atoms with van der Waals surface area (Å²) in [4.78, 5) is 40.9. The smallest absolute Gasteiger partial charge is 0.283 e. The van der Waals surface area contributed by atoms with Crippen LogP contribution in [-0.4, -0.2) is 27.7 Å². The summed E-state index contributed by atoms with van der Waals surface area (Å²) in [7, 11) is 0. The van der Waals surface area contributed by atoms with E-state index in [4.69, 9.17) is 11.6 Å². The van der Waals surface area contributed by atoms with Crippen LogP contribution in [-0.2, 0) is 9.59 Å². The van der Waals surface area contributed by atoms with Gasteiger partial charge in [-0.1, -0.05) is 41.9 Å². The number of para-hydroxylation sites is 1. The van der Waals surface area contributed by atoms with Crippen LogP contribution in [0.3, 0.4) is 0 Å². The second-order valence-corrected chi connectivity index (χ2v) is 10.1. The van der Waals surface area contributed by atoms with Gasteiger partial charge in [0.1, 0.15) is 0 Å². The number of hydrogen-bond acceptors (Lipinski definition) is 7. The molecule has 1 aliphatic heterocycles. The molecular formula is C25H19ClN4O4S2. The molecule has 0 aliphatic carbocycles. The van der Waals surface area contributed by atoms with E-state index in [1.165, 1.54) is 6.07 Å². The number of aryl methyl sites for hydroxylation is 1. The zero-order valence-electron chi connectivity index (χ0n) is 18.9. The minimum atomic E-state index is -0.505. The maximum absolute atomic E-state index is 12.4. The number of thioether (sulfide) groups is 2. The van der Waals surface area contributed by atoms with Crippen molar-refractivity contribution >= 4 is 75.2 Å². The minimum absolute atomic E-state index is 0.0112. The average Bonchev–Trinajstić information content (AvgIpc) is 3.19. The van der Waals surface area contributed by atoms with Crippen molar-refractivity contribution in [3.8, 4) is 0 Å². The monoisotopic (exact) mass is 538 g/mol. The summed E-state index contributed by atoms with van der Waals surface area (Å²) < 4.78 is 0. The van der Waals surface area contributed by atoms with Crippen molar-refractivity contribution < 1.29 is 14.5 Å². The molecule has 0 aromatic heterocycles. The summed E-state index contributed by atoms with van der Waals surface area (Å²) in [6.45, 7) is 1.88. The standard InChI is InChI=1S/C25H19ClN4O4S2/c1-15-7-9-18(13-19(15)26)28-25-29-24(32)22(36-25)12-16-8-10-21(20(11-16)30(33)34)35-14-23(31)27-17-5-3-2-4-6-17/h2-13H,14H2,1H3,(H,27,31)(H,28,29,32)/b22-12-. The minimum Gasteiger partial charge on any atom is -0.325 e. The van der Waals surface area contributed by atoms with Gasteiger partial charge in [-0.05, 0) is 66.2 Å². The lowest BCUT2D eigenvalue weighted by molar-refractivity contribution is -0.387. The van der Waals surface area contributed by atoms with Gasteiger partial charge in [0, 0.05) is 16.8 Å². The fourth-order valence-electron chi connectivity index (χ4n) is 3.15. The zero-order chi connectivity index (χ0) is 25.7. The number of nitrogens with one attached hydrogen (secondary N) is 2. The number of carbonyl (C=O) groups is 2. The van der Waals surface area contributed by atoms with E-state index >= 15 is 0 Å². The second kappa shape index (κ2) is 11.4. The van der Waals surface area contributed by atoms with Crippen LogP contribution < -0.4 is 10.6 Å². The molecule has 4 rings (SSSR count). The third-order valence-corrected chi connectivity index (χ3v) is 7.31. The van der Waals surface area contributed by atoms with Crippen molar-refractivity contribution in [2.75, 3.05) is 11.1 Å². The Morgan fingerprint density at radius 2 is 1.97 bits per heavy atom. The maximum Gasteiger partial charge on any atom is 0.283 e. The van der Waals surface area contributed by atoms with Crippen LogP contribution in [0.5, 0.6) is 0 Å². The van der Waals surface area contributed by atoms with Crippen molar-refractivity contribution in [3.05, 3.63) is 97.9 Å². The first-order valence-corrected chi connectivity index (χ1v) is 12.8. The number of benzene rings is 3. The highest BCUT2D eigenvalue weighted by atomic mass is 35.5. The van der Waals surface area contributed by atoms with Crippen molar-refractivity contribution in [3.63, 3.8) is 0 Å². The molecule has 36 heavy (non-hydrogen) atoms. The van der Waals surface area contributed by atoms with Gasteiger partial charge < -0.3 is 10.6 Å². The molecule has 1 heterocycles. The lowest BCUT2D eigenvalue weighted by Gasteiger charge is -2.06. The van der Waals surface area contributed by atoms with E-state index in [-0.39, 0.29) is 23.3 Å². The number of carbonyl (C=O) groups excluding carboxylic acids is 2. The van der Waals surface area contributed by atoms with Crippen LogP contribution in [0.1, 0.15) is 11.1 Å². The normalized spacial score (nSPS) is 15.2. The Kier molecular flexibility index (Phi) is 8.09. The highest BCUT2D eigenvalue weighted by Crippen LogP contribution is 2.33. The first kappa shape index (κ1) is 25.5. The molecule has 0 saturated carbocycles. The number of hydrogen-bond donors (Lipinski definition) is 2. The van der Waals surface area contributed by atoms with Gasteiger partial charge in [0.2, 0.25) is 5.91 Å². The molecule has 2 N–H and O–H groups in total. The number of rotatable bonds is 7. The first-order chi connectivity index (χ1) is 17.3. The molecule has 0 unspecified atom stereocenters. The topological polar surface area (TPSA) is 114 Å². The van der Waals surface area contributed by atoms with E-state index in [1.54, 1.807) is 54.6 Å². The molecule has 3 aromatic carbocycles. The molecule has 1 fully saturated rings. The number of halogens is 1. The Hall–Kier alpha value is -3.60. The van der Waals surface area contributed by atoms with E-state index in [0.717, 1.165) is 29.1 Å². The molecule has 0 atom stereocenters. The molecule has 11 heteroatoms. The third kappa shape index (κ3) is 6.54. The summed E-state index contributed by atoms with van der Waals surface area (Å²) in [6, 6.07) is 18.9. The van der Waals surface area contributed by atoms with E-state index in [9.17, 15) is 19.7 Å². The quantitative estimate of drug-likeness (QED) is 0.161. The molecular weight excluding hydrogens is 520 g/mol. The van der Waals surface area contributed by atoms with E-state index in [2.05, 4.69) is 15.6 Å². The number of nitrogens with zero attached hydrogens (tertiary/aromatic N) is 2. The Bertz CT molecular complexity index is 1410. The fourth-order valence-corrected chi connectivity index (χ4v) is 4.97. The largest absolute Gasteiger partial charge is 0.325 e. The van der Waals surface area contributed by atoms with Crippen molar-refractivity contribution in [2.45, 2.75) is 11.8 Å². The highest BCUT2D eigenvalue weighted by Gasteiger charge is 2.24. The van der Waals surface area contributed by atoms with Gasteiger partial charge in [-0.2, -0.15) is 0 Å². The number of amidine groups is 1. The highest BCUT2D eigenvalue weighted by molar-refractivity contribution is 8.18. The number of nitro groups is 1. The Labute approximate surface area is 220 Å². The molecule has 0 radical (unpaired) electrons. The molecule has 2 amide bonds. The summed E-state index contributed by atoms with van der Waals surface area (Å²) in [5, 5.41) is 18.1. The molecule has 3 aromatic rings. The van der Waals surface area contributed by atoms with Crippen LogP contribution in [0, 0.1) is 17.0 Å². The molecule has 8 nitrogen and oxygen atoms in total. The van der Waals surface area contributed by atoms with E-state index in [1.807, 2.05) is 19.1 Å². The molecule has 0 bridgehead atoms. The Morgan fingerprint density at radius 3 is 2.69 bits per heavy atom. The average molecular weight is 539 g/mol. The summed E-state index contributed by atoms with van der Waals surface area (Å²) in [6.07, 6.45) is 1.56. The number of aliphatic imine (C=N–C) groups is 1. The summed E-state index contributed by atoms with van der Waals surface area (Å²) in [5.41, 5.74) is 2.51. The SMILES string of the molecule is Cc1ccc(N=C2NC(=O)/C(=C/c3ccc(SCC(=O)Nc4ccccc4)c([N+](=O)[O-])c3)S2)cc1Cl. The Morgan fingerprint density at radius 1 is 1.19 bits per heavy atom. The first-order valence-electron chi connectivity index (χ1n) is 10.6. The fraction of sp³-hybridized carbons (Fsp3) is 0.0800. The van der Waals surface area contributed by atoms with Crippen LogP contribution in [0.15, 0.2) is 81.5 Å². The molecule has 1 aliphatic rings. The predicted octanol–water partition coefficient (Wildman–Crippen LogP) is 6.18. The third-order valence-electron chi connectivity index (χ3n) is 4.93. The maximum atomic E-state index is 12.4. The van der Waals surface area contributed by atoms with Gasteiger partial charge in [-0.3, -0.25) is 19.7 Å². The van der Waals surface area contributed by atoms with Crippen molar-refractivity contribution in [1.29, 1.82) is 0 Å². The second-order valence-electron chi connectivity index (χ2n) is 7.60. The molecule has 182 valence electrons. The van der Waals surface area contributed by atoms with Crippen molar-refractivity contribution in [1.82, 2.24) is 5.32 Å². The number of amides is 2. The molecule has 0 spiro atoms. The van der Waals surface area contributed by atoms with E-state index < -0.39 is 4.92 Å². The molecule has 1 saturated heterocycles. The van der Waals surface area contributed by atoms with Gasteiger partial charge >= 0.3 is 0 Å². The van der Waals surface area contributed by atoms with Crippen molar-refractivity contribution in [2.24, 2.45) is 4.99 Å². The summed E-state index contributed by atoms with van der Waals surface area (Å²) in [5.74, 6) is -0.611. The Balaban J connectivity index is 1.47. The number of nitro benzene ring substituents is 1. The summed E-state index contributed by atoms with van der Waals surface area (Å²) >= 11 is 8.34. The van der Waals surface area contributed by atoms with Gasteiger partial charge in [0.25, 0.3) is 11.6 Å². The number of anilines is 1. The van der Waals surface area contributed by atoms with Crippen LogP contribution in [0.2, 0.25) is 5.02 Å². The zero-order valence-corrected chi connectivity index (χ0v) is 21.2. The predicted molar refractivity (Wildman–Crippen MR) is 146 cm³/mol. The lowest BCUT2D eigenvalue weighted by Crippen LogP contribution is -2.19. The lowest BCUT2D eigenvalue weighted by atomic mass is 10.2. The van der Waals surface area contributed by atoms with Crippen LogP contribution >= 0.6 is 35.1 Å². The van der Waals surface area contributed by atoms with Gasteiger partial charge in [0.05, 0.1) is 26.2 Å². The van der Waals surface area contributed by atoms with Crippen LogP contribution in [0.4, 0.5) is 17.1 Å². The van der Waals surface area contributed by atoms with Gasteiger partial charge in [0.15, 0.2) is 5.17 Å². The van der Waals surface area contributed by atoms with Gasteiger partial charge in [-0.25, -0.2) is 4.99 Å². The van der Waals surface area contributed by atoms with Crippen LogP contribution in [0.25, 0.3) is 6.08 Å². The van der Waals surface area contributed by atoms with Gasteiger partial charge in [-0.15, -0.1) is 11.8 Å². The van der Waals surface area contributed by atoms with E-state index in [0.29, 0.717) is 36.9 Å².